The van der Waals surface area contributed by atoms with Crippen molar-refractivity contribution >= 4 is 11.6 Å². The minimum Gasteiger partial charge on any atom is -0.399 e. The molecule has 20 heavy (non-hydrogen) atoms. The molecule has 0 fully saturated rings. The van der Waals surface area contributed by atoms with Gasteiger partial charge in [0.25, 0.3) is 0 Å². The molecule has 0 bridgehead atoms. The van der Waals surface area contributed by atoms with Crippen LogP contribution < -0.4 is 11.1 Å². The van der Waals surface area contributed by atoms with Crippen LogP contribution in [0.15, 0.2) is 24.3 Å². The summed E-state index contributed by atoms with van der Waals surface area (Å²) in [5.41, 5.74) is 7.58. The van der Waals surface area contributed by atoms with E-state index in [0.29, 0.717) is 6.42 Å². The molecule has 1 aromatic carbocycles. The van der Waals surface area contributed by atoms with Crippen molar-refractivity contribution in [2.45, 2.75) is 39.7 Å². The average molecular weight is 277 g/mol. The van der Waals surface area contributed by atoms with Crippen molar-refractivity contribution in [3.63, 3.8) is 0 Å². The molecule has 0 aliphatic rings. The molecular weight excluding hydrogens is 250 g/mol. The van der Waals surface area contributed by atoms with Crippen LogP contribution in [0.3, 0.4) is 0 Å². The summed E-state index contributed by atoms with van der Waals surface area (Å²) in [6, 6.07) is 7.89. The first kappa shape index (κ1) is 16.5. The van der Waals surface area contributed by atoms with Crippen molar-refractivity contribution in [2.24, 2.45) is 0 Å². The topological polar surface area (TPSA) is 58.4 Å². The van der Waals surface area contributed by atoms with Gasteiger partial charge in [-0.2, -0.15) is 0 Å². The molecule has 0 saturated carbocycles. The highest BCUT2D eigenvalue weighted by molar-refractivity contribution is 5.76. The third kappa shape index (κ3) is 6.06. The van der Waals surface area contributed by atoms with Crippen LogP contribution in [0, 0.1) is 0 Å². The maximum Gasteiger partial charge on any atom is 0.220 e. The number of nitrogens with one attached hydrogen (secondary N) is 1. The summed E-state index contributed by atoms with van der Waals surface area (Å²) in [4.78, 5) is 14.2. The third-order valence-electron chi connectivity index (χ3n) is 3.43. The number of hydrogen-bond acceptors (Lipinski definition) is 3. The second kappa shape index (κ2) is 8.59. The van der Waals surface area contributed by atoms with Gasteiger partial charge < -0.3 is 16.0 Å². The van der Waals surface area contributed by atoms with E-state index in [1.165, 1.54) is 0 Å². The molecule has 0 spiro atoms. The normalized spacial score (nSPS) is 12.4. The second-order valence-electron chi connectivity index (χ2n) is 5.20. The van der Waals surface area contributed by atoms with Gasteiger partial charge in [0, 0.05) is 24.7 Å². The Balaban J connectivity index is 2.32. The Morgan fingerprint density at radius 3 is 2.65 bits per heavy atom. The highest BCUT2D eigenvalue weighted by Gasteiger charge is 2.10. The lowest BCUT2D eigenvalue weighted by Crippen LogP contribution is -2.42. The Kier molecular flexibility index (Phi) is 7.09. The van der Waals surface area contributed by atoms with Gasteiger partial charge in [0.2, 0.25) is 5.91 Å². The van der Waals surface area contributed by atoms with Crippen molar-refractivity contribution in [3.05, 3.63) is 29.8 Å². The van der Waals surface area contributed by atoms with Crippen LogP contribution in [-0.4, -0.2) is 36.5 Å². The van der Waals surface area contributed by atoms with Crippen LogP contribution >= 0.6 is 0 Å². The van der Waals surface area contributed by atoms with E-state index in [1.807, 2.05) is 24.3 Å². The number of benzene rings is 1. The van der Waals surface area contributed by atoms with E-state index in [9.17, 15) is 4.79 Å². The van der Waals surface area contributed by atoms with E-state index >= 15 is 0 Å². The Morgan fingerprint density at radius 1 is 1.35 bits per heavy atom. The standard InChI is InChI=1S/C16H27N3O/c1-4-19(5-2)12-13(3)18-16(20)10-9-14-7-6-8-15(17)11-14/h6-8,11,13H,4-5,9-10,12,17H2,1-3H3,(H,18,20). The predicted molar refractivity (Wildman–Crippen MR) is 84.6 cm³/mol. The molecule has 0 radical (unpaired) electrons. The van der Waals surface area contributed by atoms with Gasteiger partial charge in [-0.3, -0.25) is 4.79 Å². The fourth-order valence-electron chi connectivity index (χ4n) is 2.27. The Labute approximate surface area is 122 Å². The number of anilines is 1. The van der Waals surface area contributed by atoms with Gasteiger partial charge in [-0.05, 0) is 44.1 Å². The highest BCUT2D eigenvalue weighted by atomic mass is 16.1. The lowest BCUT2D eigenvalue weighted by molar-refractivity contribution is -0.121. The third-order valence-corrected chi connectivity index (χ3v) is 3.43. The van der Waals surface area contributed by atoms with E-state index in [1.54, 1.807) is 0 Å². The zero-order chi connectivity index (χ0) is 15.0. The summed E-state index contributed by atoms with van der Waals surface area (Å²) >= 11 is 0. The highest BCUT2D eigenvalue weighted by Crippen LogP contribution is 2.08. The lowest BCUT2D eigenvalue weighted by Gasteiger charge is -2.23. The van der Waals surface area contributed by atoms with E-state index < -0.39 is 0 Å². The van der Waals surface area contributed by atoms with Gasteiger partial charge in [-0.15, -0.1) is 0 Å². The van der Waals surface area contributed by atoms with Crippen LogP contribution in [0.4, 0.5) is 5.69 Å². The molecule has 0 aliphatic heterocycles. The molecule has 112 valence electrons. The zero-order valence-corrected chi connectivity index (χ0v) is 12.9. The molecule has 4 heteroatoms. The van der Waals surface area contributed by atoms with Crippen molar-refractivity contribution < 1.29 is 4.79 Å². The number of nitrogens with two attached hydrogens (primary N) is 1. The zero-order valence-electron chi connectivity index (χ0n) is 12.9. The predicted octanol–water partition coefficient (Wildman–Crippen LogP) is 2.05. The molecule has 0 heterocycles. The number of nitrogen functional groups attached to an aromatic ring is 1. The number of likely N-dealkylation sites (N-methyl/N-ethyl adjacent to an activating group) is 1. The van der Waals surface area contributed by atoms with Crippen LogP contribution in [-0.2, 0) is 11.2 Å². The minimum absolute atomic E-state index is 0.104. The van der Waals surface area contributed by atoms with E-state index in [2.05, 4.69) is 31.0 Å². The molecule has 1 atom stereocenters. The number of amides is 1. The van der Waals surface area contributed by atoms with Gasteiger partial charge in [0.15, 0.2) is 0 Å². The molecule has 0 aromatic heterocycles. The first-order valence-corrected chi connectivity index (χ1v) is 7.41. The minimum atomic E-state index is 0.104. The molecule has 0 saturated heterocycles. The molecule has 4 nitrogen and oxygen atoms in total. The molecule has 1 unspecified atom stereocenters. The SMILES string of the molecule is CCN(CC)CC(C)NC(=O)CCc1cccc(N)c1. The van der Waals surface area contributed by atoms with Gasteiger partial charge in [0.1, 0.15) is 0 Å². The van der Waals surface area contributed by atoms with Crippen LogP contribution in [0.25, 0.3) is 0 Å². The molecule has 1 amide bonds. The monoisotopic (exact) mass is 277 g/mol. The molecule has 1 rings (SSSR count). The molecule has 3 N–H and O–H groups in total. The van der Waals surface area contributed by atoms with E-state index in [4.69, 9.17) is 5.73 Å². The average Bonchev–Trinajstić information content (AvgIpc) is 2.42. The summed E-state index contributed by atoms with van der Waals surface area (Å²) in [5, 5.41) is 3.05. The fraction of sp³-hybridized carbons (Fsp3) is 0.562. The lowest BCUT2D eigenvalue weighted by atomic mass is 10.1. The summed E-state index contributed by atoms with van der Waals surface area (Å²) < 4.78 is 0. The molecule has 0 aliphatic carbocycles. The Hall–Kier alpha value is -1.55. The number of rotatable bonds is 8. The number of nitrogens with zero attached hydrogens (tertiary/aromatic N) is 1. The summed E-state index contributed by atoms with van der Waals surface area (Å²) in [5.74, 6) is 0.104. The van der Waals surface area contributed by atoms with E-state index in [-0.39, 0.29) is 11.9 Å². The maximum atomic E-state index is 11.9. The Bertz CT molecular complexity index is 416. The van der Waals surface area contributed by atoms with Gasteiger partial charge in [0.05, 0.1) is 0 Å². The molecule has 1 aromatic rings. The second-order valence-corrected chi connectivity index (χ2v) is 5.20. The van der Waals surface area contributed by atoms with E-state index in [0.717, 1.165) is 37.3 Å². The maximum absolute atomic E-state index is 11.9. The van der Waals surface area contributed by atoms with Crippen molar-refractivity contribution in [3.8, 4) is 0 Å². The largest absolute Gasteiger partial charge is 0.399 e. The van der Waals surface area contributed by atoms with Gasteiger partial charge >= 0.3 is 0 Å². The van der Waals surface area contributed by atoms with Gasteiger partial charge in [-0.1, -0.05) is 26.0 Å². The smallest absolute Gasteiger partial charge is 0.220 e. The van der Waals surface area contributed by atoms with Crippen LogP contribution in [0.2, 0.25) is 0 Å². The van der Waals surface area contributed by atoms with Crippen LogP contribution in [0.5, 0.6) is 0 Å². The van der Waals surface area contributed by atoms with Crippen LogP contribution in [0.1, 0.15) is 32.8 Å². The Morgan fingerprint density at radius 2 is 2.05 bits per heavy atom. The summed E-state index contributed by atoms with van der Waals surface area (Å²) in [6.07, 6.45) is 1.24. The van der Waals surface area contributed by atoms with Crippen molar-refractivity contribution in [1.29, 1.82) is 0 Å². The first-order chi connectivity index (χ1) is 9.55. The summed E-state index contributed by atoms with van der Waals surface area (Å²) in [6.45, 7) is 9.25. The number of carbonyl (C=O) groups is 1. The van der Waals surface area contributed by atoms with Gasteiger partial charge in [-0.25, -0.2) is 0 Å². The van der Waals surface area contributed by atoms with Crippen molar-refractivity contribution in [2.75, 3.05) is 25.4 Å². The van der Waals surface area contributed by atoms with Crippen molar-refractivity contribution in [1.82, 2.24) is 10.2 Å². The fourth-order valence-corrected chi connectivity index (χ4v) is 2.27. The quantitative estimate of drug-likeness (QED) is 0.715. The number of hydrogen-bond donors (Lipinski definition) is 2. The number of carbonyl (C=O) groups excluding carboxylic acids is 1. The summed E-state index contributed by atoms with van der Waals surface area (Å²) in [7, 11) is 0. The molecular formula is C16H27N3O. The number of aryl methyl sites for hydroxylation is 1. The first-order valence-electron chi connectivity index (χ1n) is 7.41.